The highest BCUT2D eigenvalue weighted by molar-refractivity contribution is 5.85. The molecule has 3 N–H and O–H groups in total. The van der Waals surface area contributed by atoms with Gasteiger partial charge >= 0.3 is 0 Å². The summed E-state index contributed by atoms with van der Waals surface area (Å²) in [4.78, 5) is 11.0. The molecule has 1 rings (SSSR count). The Morgan fingerprint density at radius 2 is 1.93 bits per heavy atom. The van der Waals surface area contributed by atoms with Crippen molar-refractivity contribution in [2.45, 2.75) is 13.0 Å². The summed E-state index contributed by atoms with van der Waals surface area (Å²) < 4.78 is 0. The predicted molar refractivity (Wildman–Crippen MR) is 59.2 cm³/mol. The number of rotatable bonds is 4. The summed E-state index contributed by atoms with van der Waals surface area (Å²) in [5, 5.41) is 2.78. The lowest BCUT2D eigenvalue weighted by Gasteiger charge is -2.03. The van der Waals surface area contributed by atoms with Crippen molar-refractivity contribution in [2.24, 2.45) is 5.73 Å². The van der Waals surface area contributed by atoms with E-state index in [0.717, 1.165) is 5.56 Å². The van der Waals surface area contributed by atoms with Crippen LogP contribution < -0.4 is 11.1 Å². The Morgan fingerprint density at radius 3 is 2.50 bits per heavy atom. The van der Waals surface area contributed by atoms with Crippen LogP contribution in [0.25, 0.3) is 0 Å². The van der Waals surface area contributed by atoms with E-state index < -0.39 is 0 Å². The maximum atomic E-state index is 11.0. The molecule has 1 aromatic rings. The first kappa shape index (κ1) is 12.9. The highest BCUT2D eigenvalue weighted by Gasteiger charge is 1.97. The summed E-state index contributed by atoms with van der Waals surface area (Å²) in [7, 11) is 0. The van der Waals surface area contributed by atoms with Gasteiger partial charge in [0, 0.05) is 19.5 Å². The Bertz CT molecular complexity index is 264. The van der Waals surface area contributed by atoms with Gasteiger partial charge in [-0.1, -0.05) is 30.3 Å². The third-order valence-electron chi connectivity index (χ3n) is 1.70. The van der Waals surface area contributed by atoms with Crippen molar-refractivity contribution in [2.75, 3.05) is 6.54 Å². The highest BCUT2D eigenvalue weighted by atomic mass is 35.5. The Balaban J connectivity index is 0.00000169. The molecule has 0 aromatic heterocycles. The zero-order chi connectivity index (χ0) is 9.52. The smallest absolute Gasteiger partial charge is 0.221 e. The number of amides is 1. The van der Waals surface area contributed by atoms with E-state index in [4.69, 9.17) is 5.73 Å². The van der Waals surface area contributed by atoms with Crippen LogP contribution in [0.5, 0.6) is 0 Å². The molecule has 0 aliphatic rings. The molecule has 0 atom stereocenters. The Morgan fingerprint density at radius 1 is 1.29 bits per heavy atom. The molecule has 1 aromatic carbocycles. The molecule has 0 heterocycles. The van der Waals surface area contributed by atoms with E-state index in [9.17, 15) is 4.79 Å². The van der Waals surface area contributed by atoms with Crippen LogP contribution in [0.4, 0.5) is 0 Å². The number of hydrogen-bond donors (Lipinski definition) is 2. The normalized spacial score (nSPS) is 8.93. The minimum atomic E-state index is 0. The quantitative estimate of drug-likeness (QED) is 0.788. The molecule has 0 spiro atoms. The van der Waals surface area contributed by atoms with Gasteiger partial charge in [-0.3, -0.25) is 4.79 Å². The van der Waals surface area contributed by atoms with E-state index in [1.165, 1.54) is 0 Å². The van der Waals surface area contributed by atoms with Gasteiger partial charge in [0.05, 0.1) is 0 Å². The van der Waals surface area contributed by atoms with Gasteiger partial charge < -0.3 is 11.1 Å². The lowest BCUT2D eigenvalue weighted by molar-refractivity contribution is -0.121. The first-order chi connectivity index (χ1) is 6.33. The van der Waals surface area contributed by atoms with Crippen LogP contribution in [0.3, 0.4) is 0 Å². The second-order valence-electron chi connectivity index (χ2n) is 2.80. The number of nitrogens with one attached hydrogen (secondary N) is 1. The van der Waals surface area contributed by atoms with E-state index in [1.54, 1.807) is 0 Å². The van der Waals surface area contributed by atoms with Crippen LogP contribution in [-0.4, -0.2) is 12.5 Å². The predicted octanol–water partition coefficient (Wildman–Crippen LogP) is 1.07. The summed E-state index contributed by atoms with van der Waals surface area (Å²) in [5.41, 5.74) is 6.34. The summed E-state index contributed by atoms with van der Waals surface area (Å²) in [5.74, 6) is 0.00588. The zero-order valence-electron chi connectivity index (χ0n) is 7.90. The van der Waals surface area contributed by atoms with E-state index in [2.05, 4.69) is 5.32 Å². The molecule has 0 saturated carbocycles. The molecule has 0 radical (unpaired) electrons. The van der Waals surface area contributed by atoms with Crippen molar-refractivity contribution in [3.63, 3.8) is 0 Å². The van der Waals surface area contributed by atoms with Crippen molar-refractivity contribution in [3.05, 3.63) is 35.9 Å². The molecule has 0 saturated heterocycles. The number of benzene rings is 1. The maximum absolute atomic E-state index is 11.0. The summed E-state index contributed by atoms with van der Waals surface area (Å²) in [6.07, 6.45) is 0.396. The summed E-state index contributed by atoms with van der Waals surface area (Å²) in [6, 6.07) is 9.80. The molecule has 0 bridgehead atoms. The van der Waals surface area contributed by atoms with E-state index in [1.807, 2.05) is 30.3 Å². The Kier molecular flexibility index (Phi) is 6.80. The lowest BCUT2D eigenvalue weighted by Crippen LogP contribution is -2.24. The fraction of sp³-hybridized carbons (Fsp3) is 0.300. The Labute approximate surface area is 90.1 Å². The fourth-order valence-corrected chi connectivity index (χ4v) is 1.02. The molecule has 78 valence electrons. The molecule has 1 amide bonds. The summed E-state index contributed by atoms with van der Waals surface area (Å²) in [6.45, 7) is 0.986. The molecule has 0 aliphatic heterocycles. The van der Waals surface area contributed by atoms with Crippen LogP contribution in [0.1, 0.15) is 12.0 Å². The average molecular weight is 215 g/mol. The molecule has 0 fully saturated rings. The van der Waals surface area contributed by atoms with Gasteiger partial charge in [0.1, 0.15) is 0 Å². The summed E-state index contributed by atoms with van der Waals surface area (Å²) >= 11 is 0. The van der Waals surface area contributed by atoms with Crippen molar-refractivity contribution in [1.29, 1.82) is 0 Å². The van der Waals surface area contributed by atoms with Gasteiger partial charge in [-0.2, -0.15) is 0 Å². The van der Waals surface area contributed by atoms with Crippen molar-refractivity contribution in [1.82, 2.24) is 5.32 Å². The minimum absolute atomic E-state index is 0. The highest BCUT2D eigenvalue weighted by Crippen LogP contribution is 1.96. The van der Waals surface area contributed by atoms with Crippen molar-refractivity contribution in [3.8, 4) is 0 Å². The van der Waals surface area contributed by atoms with Crippen LogP contribution in [0.2, 0.25) is 0 Å². The number of hydrogen-bond acceptors (Lipinski definition) is 2. The molecular formula is C10H15ClN2O. The largest absolute Gasteiger partial charge is 0.352 e. The zero-order valence-corrected chi connectivity index (χ0v) is 8.72. The standard InChI is InChI=1S/C10H14N2O.ClH/c11-7-6-10(13)12-8-9-4-2-1-3-5-9;/h1-5H,6-8,11H2,(H,12,13);1H. The van der Waals surface area contributed by atoms with Gasteiger partial charge in [-0.15, -0.1) is 12.4 Å². The third kappa shape index (κ3) is 4.84. The minimum Gasteiger partial charge on any atom is -0.352 e. The number of carbonyl (C=O) groups excluding carboxylic acids is 1. The van der Waals surface area contributed by atoms with Gasteiger partial charge in [0.15, 0.2) is 0 Å². The molecule has 4 heteroatoms. The van der Waals surface area contributed by atoms with Gasteiger partial charge in [0.25, 0.3) is 0 Å². The van der Waals surface area contributed by atoms with Crippen LogP contribution in [0, 0.1) is 0 Å². The number of halogens is 1. The third-order valence-corrected chi connectivity index (χ3v) is 1.70. The van der Waals surface area contributed by atoms with Crippen LogP contribution in [0.15, 0.2) is 30.3 Å². The second-order valence-corrected chi connectivity index (χ2v) is 2.80. The molecule has 3 nitrogen and oxygen atoms in total. The SMILES string of the molecule is Cl.NCCC(=O)NCc1ccccc1. The maximum Gasteiger partial charge on any atom is 0.221 e. The molecule has 14 heavy (non-hydrogen) atoms. The van der Waals surface area contributed by atoms with Crippen molar-refractivity contribution < 1.29 is 4.79 Å². The lowest BCUT2D eigenvalue weighted by atomic mass is 10.2. The van der Waals surface area contributed by atoms with Crippen LogP contribution >= 0.6 is 12.4 Å². The first-order valence-electron chi connectivity index (χ1n) is 4.33. The number of nitrogens with two attached hydrogens (primary N) is 1. The van der Waals surface area contributed by atoms with Gasteiger partial charge in [-0.05, 0) is 5.56 Å². The van der Waals surface area contributed by atoms with E-state index in [-0.39, 0.29) is 18.3 Å². The molecular weight excluding hydrogens is 200 g/mol. The van der Waals surface area contributed by atoms with Gasteiger partial charge in [0.2, 0.25) is 5.91 Å². The monoisotopic (exact) mass is 214 g/mol. The average Bonchev–Trinajstić information content (AvgIpc) is 2.17. The van der Waals surface area contributed by atoms with E-state index in [0.29, 0.717) is 19.5 Å². The fourth-order valence-electron chi connectivity index (χ4n) is 1.02. The first-order valence-corrected chi connectivity index (χ1v) is 4.33. The second kappa shape index (κ2) is 7.35. The molecule has 0 unspecified atom stereocenters. The topological polar surface area (TPSA) is 55.1 Å². The number of carbonyl (C=O) groups is 1. The van der Waals surface area contributed by atoms with Crippen LogP contribution in [-0.2, 0) is 11.3 Å². The molecule has 0 aliphatic carbocycles. The van der Waals surface area contributed by atoms with Crippen molar-refractivity contribution >= 4 is 18.3 Å². The van der Waals surface area contributed by atoms with Gasteiger partial charge in [-0.25, -0.2) is 0 Å². The van der Waals surface area contributed by atoms with E-state index >= 15 is 0 Å². The Hall–Kier alpha value is -1.06.